The summed E-state index contributed by atoms with van der Waals surface area (Å²) in [4.78, 5) is 12.8. The van der Waals surface area contributed by atoms with E-state index in [2.05, 4.69) is 27.1 Å². The maximum Gasteiger partial charge on any atom is 0.193 e. The summed E-state index contributed by atoms with van der Waals surface area (Å²) in [6, 6.07) is 11.4. The van der Waals surface area contributed by atoms with Gasteiger partial charge < -0.3 is 4.42 Å². The normalized spacial score (nSPS) is 12.8. The first kappa shape index (κ1) is 16.1. The summed E-state index contributed by atoms with van der Waals surface area (Å²) in [5.74, 6) is 0.571. The van der Waals surface area contributed by atoms with Crippen LogP contribution in [0.2, 0.25) is 0 Å². The quantitative estimate of drug-likeness (QED) is 0.442. The largest absolute Gasteiger partial charge is 0.455 e. The van der Waals surface area contributed by atoms with Gasteiger partial charge in [0.2, 0.25) is 0 Å². The van der Waals surface area contributed by atoms with Gasteiger partial charge in [-0.05, 0) is 43.7 Å². The van der Waals surface area contributed by atoms with Gasteiger partial charge in [-0.15, -0.1) is 0 Å². The lowest BCUT2D eigenvalue weighted by molar-refractivity contribution is 0.614. The highest BCUT2D eigenvalue weighted by Gasteiger charge is 2.15. The molecular weight excluding hydrogens is 380 g/mol. The van der Waals surface area contributed by atoms with Crippen LogP contribution in [0.1, 0.15) is 22.9 Å². The van der Waals surface area contributed by atoms with Gasteiger partial charge in [0, 0.05) is 40.7 Å². The summed E-state index contributed by atoms with van der Waals surface area (Å²) in [7, 11) is 1.89. The Hall–Kier alpha value is -2.40. The van der Waals surface area contributed by atoms with Crippen molar-refractivity contribution in [1.82, 2.24) is 9.78 Å². The predicted octanol–water partition coefficient (Wildman–Crippen LogP) is 5.11. The lowest BCUT2D eigenvalue weighted by atomic mass is 10.0. The van der Waals surface area contributed by atoms with Crippen LogP contribution in [0.4, 0.5) is 0 Å². The van der Waals surface area contributed by atoms with Crippen molar-refractivity contribution in [3.8, 4) is 11.3 Å². The molecule has 4 aromatic rings. The van der Waals surface area contributed by atoms with Crippen molar-refractivity contribution in [2.24, 2.45) is 7.05 Å². The molecule has 25 heavy (non-hydrogen) atoms. The maximum absolute atomic E-state index is 12.7. The van der Waals surface area contributed by atoms with Crippen LogP contribution >= 0.6 is 15.9 Å². The number of hydrogen-bond donors (Lipinski definition) is 0. The molecule has 1 unspecified atom stereocenters. The highest BCUT2D eigenvalue weighted by molar-refractivity contribution is 9.09. The van der Waals surface area contributed by atoms with E-state index in [1.54, 1.807) is 10.7 Å². The Morgan fingerprint density at radius 3 is 2.76 bits per heavy atom. The summed E-state index contributed by atoms with van der Waals surface area (Å²) < 4.78 is 7.95. The van der Waals surface area contributed by atoms with E-state index in [-0.39, 0.29) is 10.3 Å². The Bertz CT molecular complexity index is 1170. The smallest absolute Gasteiger partial charge is 0.193 e. The van der Waals surface area contributed by atoms with Crippen LogP contribution in [0.15, 0.2) is 51.8 Å². The fourth-order valence-electron chi connectivity index (χ4n) is 3.17. The van der Waals surface area contributed by atoms with Gasteiger partial charge in [0.25, 0.3) is 0 Å². The molecule has 0 spiro atoms. The molecule has 0 amide bonds. The molecule has 1 atom stereocenters. The SMILES string of the molecule is Cc1cc(C(C)Br)c2oc(-c3ccc4nn(C)cc4c3)cc(=O)c2c1. The number of hydrogen-bond acceptors (Lipinski definition) is 3. The minimum Gasteiger partial charge on any atom is -0.455 e. The number of aryl methyl sites for hydroxylation is 2. The average molecular weight is 397 g/mol. The second kappa shape index (κ2) is 5.85. The first-order valence-electron chi connectivity index (χ1n) is 8.08. The molecule has 4 nitrogen and oxygen atoms in total. The predicted molar refractivity (Wildman–Crippen MR) is 104 cm³/mol. The zero-order valence-corrected chi connectivity index (χ0v) is 15.8. The van der Waals surface area contributed by atoms with Crippen LogP contribution in [-0.4, -0.2) is 9.78 Å². The van der Waals surface area contributed by atoms with Crippen molar-refractivity contribution < 1.29 is 4.42 Å². The van der Waals surface area contributed by atoms with Crippen LogP contribution < -0.4 is 5.43 Å². The molecule has 0 aliphatic carbocycles. The van der Waals surface area contributed by atoms with Crippen LogP contribution in [-0.2, 0) is 7.05 Å². The Balaban J connectivity index is 1.99. The van der Waals surface area contributed by atoms with Gasteiger partial charge in [-0.1, -0.05) is 22.0 Å². The zero-order valence-electron chi connectivity index (χ0n) is 14.2. The third-order valence-electron chi connectivity index (χ3n) is 4.33. The number of aromatic nitrogens is 2. The van der Waals surface area contributed by atoms with Gasteiger partial charge in [0.05, 0.1) is 10.9 Å². The first-order chi connectivity index (χ1) is 11.9. The molecule has 126 valence electrons. The summed E-state index contributed by atoms with van der Waals surface area (Å²) in [5.41, 5.74) is 4.43. The second-order valence-corrected chi connectivity index (χ2v) is 7.77. The van der Waals surface area contributed by atoms with Crippen molar-refractivity contribution in [3.63, 3.8) is 0 Å². The minimum absolute atomic E-state index is 0.0272. The van der Waals surface area contributed by atoms with E-state index >= 15 is 0 Å². The van der Waals surface area contributed by atoms with E-state index in [4.69, 9.17) is 4.42 Å². The van der Waals surface area contributed by atoms with Gasteiger partial charge in [-0.3, -0.25) is 9.48 Å². The molecule has 0 bridgehead atoms. The summed E-state index contributed by atoms with van der Waals surface area (Å²) >= 11 is 3.61. The van der Waals surface area contributed by atoms with Crippen molar-refractivity contribution >= 4 is 37.8 Å². The molecule has 0 radical (unpaired) electrons. The van der Waals surface area contributed by atoms with E-state index < -0.39 is 0 Å². The molecule has 0 aliphatic rings. The van der Waals surface area contributed by atoms with Gasteiger partial charge in [0.15, 0.2) is 5.43 Å². The highest BCUT2D eigenvalue weighted by atomic mass is 79.9. The standard InChI is InChI=1S/C20H17BrN2O2/c1-11-6-15(12(2)21)20-16(7-11)18(24)9-19(25-20)13-4-5-17-14(8-13)10-23(3)22-17/h4-10,12H,1-3H3. The lowest BCUT2D eigenvalue weighted by Crippen LogP contribution is -2.03. The maximum atomic E-state index is 12.7. The number of halogens is 1. The Morgan fingerprint density at radius 2 is 2.00 bits per heavy atom. The van der Waals surface area contributed by atoms with Crippen LogP contribution in [0.3, 0.4) is 0 Å². The molecule has 2 heterocycles. The van der Waals surface area contributed by atoms with Crippen molar-refractivity contribution in [2.75, 3.05) is 0 Å². The van der Waals surface area contributed by atoms with E-state index in [0.717, 1.165) is 27.6 Å². The van der Waals surface area contributed by atoms with Gasteiger partial charge in [0.1, 0.15) is 11.3 Å². The molecular formula is C20H17BrN2O2. The van der Waals surface area contributed by atoms with Crippen LogP contribution in [0.5, 0.6) is 0 Å². The van der Waals surface area contributed by atoms with Crippen LogP contribution in [0.25, 0.3) is 33.2 Å². The number of rotatable bonds is 2. The number of fused-ring (bicyclic) bond motifs is 2. The van der Waals surface area contributed by atoms with Gasteiger partial charge in [-0.25, -0.2) is 0 Å². The summed E-state index contributed by atoms with van der Waals surface area (Å²) in [5, 5.41) is 6.01. The summed E-state index contributed by atoms with van der Waals surface area (Å²) in [6.07, 6.45) is 1.95. The molecule has 4 rings (SSSR count). The van der Waals surface area contributed by atoms with Gasteiger partial charge in [-0.2, -0.15) is 5.10 Å². The molecule has 5 heteroatoms. The molecule has 0 aliphatic heterocycles. The second-order valence-electron chi connectivity index (χ2n) is 6.40. The number of benzene rings is 2. The summed E-state index contributed by atoms with van der Waals surface area (Å²) in [6.45, 7) is 4.02. The molecule has 2 aromatic carbocycles. The number of nitrogens with zero attached hydrogens (tertiary/aromatic N) is 2. The number of alkyl halides is 1. The lowest BCUT2D eigenvalue weighted by Gasteiger charge is -2.11. The highest BCUT2D eigenvalue weighted by Crippen LogP contribution is 2.32. The first-order valence-corrected chi connectivity index (χ1v) is 9.00. The molecule has 0 fully saturated rings. The monoisotopic (exact) mass is 396 g/mol. The van der Waals surface area contributed by atoms with E-state index in [0.29, 0.717) is 16.7 Å². The molecule has 0 saturated carbocycles. The fourth-order valence-corrected chi connectivity index (χ4v) is 3.51. The average Bonchev–Trinajstić information content (AvgIpc) is 2.93. The van der Waals surface area contributed by atoms with Crippen molar-refractivity contribution in [3.05, 3.63) is 63.9 Å². The third-order valence-corrected chi connectivity index (χ3v) is 4.83. The fraction of sp³-hybridized carbons (Fsp3) is 0.200. The molecule has 0 N–H and O–H groups in total. The van der Waals surface area contributed by atoms with Gasteiger partial charge >= 0.3 is 0 Å². The minimum atomic E-state index is -0.0272. The van der Waals surface area contributed by atoms with Crippen molar-refractivity contribution in [2.45, 2.75) is 18.7 Å². The molecule has 2 aromatic heterocycles. The van der Waals surface area contributed by atoms with Crippen molar-refractivity contribution in [1.29, 1.82) is 0 Å². The molecule has 0 saturated heterocycles. The Labute approximate surface area is 153 Å². The van der Waals surface area contributed by atoms with E-state index in [9.17, 15) is 4.79 Å². The third kappa shape index (κ3) is 2.78. The Kier molecular flexibility index (Phi) is 3.76. The zero-order chi connectivity index (χ0) is 17.7. The Morgan fingerprint density at radius 1 is 1.20 bits per heavy atom. The van der Waals surface area contributed by atoms with E-state index in [1.807, 2.05) is 51.4 Å². The topological polar surface area (TPSA) is 48.0 Å². The van der Waals surface area contributed by atoms with E-state index in [1.165, 1.54) is 0 Å². The van der Waals surface area contributed by atoms with Crippen LogP contribution in [0, 0.1) is 6.92 Å².